The molecule has 4 rings (SSSR count). The largest absolute Gasteiger partial charge is 0.506 e. The fraction of sp³-hybridized carbons (Fsp3) is 0.211. The first-order valence-electron chi connectivity index (χ1n) is 7.96. The third-order valence-corrected chi connectivity index (χ3v) is 5.35. The van der Waals surface area contributed by atoms with Crippen LogP contribution in [-0.2, 0) is 0 Å². The van der Waals surface area contributed by atoms with Crippen LogP contribution in [0.15, 0.2) is 18.2 Å². The molecule has 6 nitrogen and oxygen atoms in total. The Labute approximate surface area is 152 Å². The maximum absolute atomic E-state index is 12.9. The van der Waals surface area contributed by atoms with Gasteiger partial charge in [-0.25, -0.2) is 0 Å². The molecule has 0 amide bonds. The van der Waals surface area contributed by atoms with Crippen LogP contribution in [0.25, 0.3) is 0 Å². The molecular formula is C19H13ClO6. The summed E-state index contributed by atoms with van der Waals surface area (Å²) in [6.45, 7) is 1.68. The third-order valence-electron chi connectivity index (χ3n) is 5.05. The van der Waals surface area contributed by atoms with Crippen LogP contribution < -0.4 is 0 Å². The highest BCUT2D eigenvalue weighted by Crippen LogP contribution is 2.45. The number of aliphatic hydroxyl groups excluding tert-OH is 1. The zero-order valence-electron chi connectivity index (χ0n) is 13.5. The molecule has 0 bridgehead atoms. The minimum atomic E-state index is -1.06. The number of carbonyl (C=O) groups is 3. The number of benzene rings is 2. The number of ketones is 3. The van der Waals surface area contributed by atoms with Gasteiger partial charge in [0.05, 0.1) is 27.8 Å². The summed E-state index contributed by atoms with van der Waals surface area (Å²) in [5, 5.41) is 31.0. The van der Waals surface area contributed by atoms with Crippen molar-refractivity contribution in [1.29, 1.82) is 0 Å². The van der Waals surface area contributed by atoms with E-state index in [1.807, 2.05) is 0 Å². The first kappa shape index (κ1) is 16.8. The van der Waals surface area contributed by atoms with Gasteiger partial charge in [0.1, 0.15) is 11.5 Å². The molecule has 0 saturated heterocycles. The van der Waals surface area contributed by atoms with Crippen molar-refractivity contribution in [2.24, 2.45) is 5.92 Å². The van der Waals surface area contributed by atoms with Gasteiger partial charge in [-0.3, -0.25) is 14.4 Å². The minimum absolute atomic E-state index is 0.0234. The molecule has 3 N–H and O–H groups in total. The van der Waals surface area contributed by atoms with Crippen LogP contribution >= 0.6 is 11.6 Å². The molecule has 2 aliphatic rings. The van der Waals surface area contributed by atoms with Crippen LogP contribution in [0.3, 0.4) is 0 Å². The second-order valence-electron chi connectivity index (χ2n) is 6.64. The lowest BCUT2D eigenvalue weighted by atomic mass is 9.75. The number of fused-ring (bicyclic) bond motifs is 3. The molecular weight excluding hydrogens is 360 g/mol. The van der Waals surface area contributed by atoms with E-state index in [9.17, 15) is 29.7 Å². The zero-order valence-corrected chi connectivity index (χ0v) is 14.3. The Morgan fingerprint density at radius 1 is 0.962 bits per heavy atom. The summed E-state index contributed by atoms with van der Waals surface area (Å²) in [6, 6.07) is 3.82. The average molecular weight is 373 g/mol. The number of aromatic hydroxyl groups is 2. The summed E-state index contributed by atoms with van der Waals surface area (Å²) >= 11 is 5.85. The van der Waals surface area contributed by atoms with Crippen molar-refractivity contribution in [2.75, 3.05) is 0 Å². The third kappa shape index (κ3) is 2.00. The van der Waals surface area contributed by atoms with Gasteiger partial charge in [0.2, 0.25) is 0 Å². The highest BCUT2D eigenvalue weighted by atomic mass is 35.5. The Morgan fingerprint density at radius 3 is 2.27 bits per heavy atom. The van der Waals surface area contributed by atoms with Crippen LogP contribution in [0.4, 0.5) is 0 Å². The van der Waals surface area contributed by atoms with Gasteiger partial charge in [-0.1, -0.05) is 18.5 Å². The van der Waals surface area contributed by atoms with E-state index in [0.29, 0.717) is 0 Å². The van der Waals surface area contributed by atoms with Crippen molar-refractivity contribution in [2.45, 2.75) is 19.4 Å². The predicted octanol–water partition coefficient (Wildman–Crippen LogP) is 2.78. The van der Waals surface area contributed by atoms with Crippen molar-refractivity contribution in [3.63, 3.8) is 0 Å². The lowest BCUT2D eigenvalue weighted by Crippen LogP contribution is -2.28. The molecule has 0 aliphatic heterocycles. The van der Waals surface area contributed by atoms with Gasteiger partial charge in [-0.2, -0.15) is 0 Å². The molecule has 2 aliphatic carbocycles. The monoisotopic (exact) mass is 372 g/mol. The zero-order chi connectivity index (χ0) is 18.9. The van der Waals surface area contributed by atoms with Crippen molar-refractivity contribution in [3.8, 4) is 11.5 Å². The second kappa shape index (κ2) is 5.40. The van der Waals surface area contributed by atoms with Crippen molar-refractivity contribution in [1.82, 2.24) is 0 Å². The van der Waals surface area contributed by atoms with Crippen LogP contribution in [0.1, 0.15) is 67.2 Å². The number of hydrogen-bond donors (Lipinski definition) is 3. The molecule has 0 saturated carbocycles. The van der Waals surface area contributed by atoms with Crippen LogP contribution in [0.5, 0.6) is 11.5 Å². The number of phenolic OH excluding ortho intramolecular Hbond substituents is 2. The molecule has 0 radical (unpaired) electrons. The van der Waals surface area contributed by atoms with Gasteiger partial charge in [0.15, 0.2) is 17.3 Å². The van der Waals surface area contributed by atoms with Crippen LogP contribution in [0, 0.1) is 5.92 Å². The molecule has 2 aromatic carbocycles. The Hall–Kier alpha value is -2.70. The lowest BCUT2D eigenvalue weighted by molar-refractivity contribution is 0.0744. The highest BCUT2D eigenvalue weighted by Gasteiger charge is 2.41. The average Bonchev–Trinajstić information content (AvgIpc) is 2.59. The van der Waals surface area contributed by atoms with Crippen molar-refractivity contribution >= 4 is 29.0 Å². The Bertz CT molecular complexity index is 1040. The molecule has 0 aromatic heterocycles. The maximum atomic E-state index is 12.9. The number of rotatable bonds is 0. The second-order valence-corrected chi connectivity index (χ2v) is 7.05. The van der Waals surface area contributed by atoms with Gasteiger partial charge >= 0.3 is 0 Å². The molecule has 0 fully saturated rings. The normalized spacial score (nSPS) is 21.3. The lowest BCUT2D eigenvalue weighted by Gasteiger charge is -2.29. The number of phenols is 2. The maximum Gasteiger partial charge on any atom is 0.198 e. The van der Waals surface area contributed by atoms with E-state index in [-0.39, 0.29) is 44.8 Å². The van der Waals surface area contributed by atoms with Gasteiger partial charge in [-0.05, 0) is 29.7 Å². The van der Waals surface area contributed by atoms with Gasteiger partial charge < -0.3 is 15.3 Å². The number of halogens is 1. The van der Waals surface area contributed by atoms with Crippen LogP contribution in [0.2, 0.25) is 5.02 Å². The van der Waals surface area contributed by atoms with Crippen molar-refractivity contribution in [3.05, 3.63) is 56.6 Å². The molecule has 7 heteroatoms. The number of Topliss-reactive ketones (excluding diaryl/α,β-unsaturated/α-hetero) is 1. The first-order chi connectivity index (χ1) is 12.2. The fourth-order valence-electron chi connectivity index (χ4n) is 3.69. The quantitative estimate of drug-likeness (QED) is 0.559. The summed E-state index contributed by atoms with van der Waals surface area (Å²) in [4.78, 5) is 38.1. The van der Waals surface area contributed by atoms with E-state index >= 15 is 0 Å². The van der Waals surface area contributed by atoms with Gasteiger partial charge in [-0.15, -0.1) is 0 Å². The molecule has 2 aromatic rings. The molecule has 0 heterocycles. The van der Waals surface area contributed by atoms with E-state index < -0.39 is 40.9 Å². The molecule has 0 unspecified atom stereocenters. The Morgan fingerprint density at radius 2 is 1.58 bits per heavy atom. The summed E-state index contributed by atoms with van der Waals surface area (Å²) in [6.07, 6.45) is -1.04. The highest BCUT2D eigenvalue weighted by molar-refractivity contribution is 6.36. The summed E-state index contributed by atoms with van der Waals surface area (Å²) in [5.41, 5.74) is -0.834. The molecule has 2 atom stereocenters. The van der Waals surface area contributed by atoms with Gasteiger partial charge in [0, 0.05) is 17.5 Å². The predicted molar refractivity (Wildman–Crippen MR) is 91.2 cm³/mol. The SMILES string of the molecule is C[C@@H]1CC(=O)c2c(cc3c(c2O)C(=O)c2ccc(Cl)c(O)c2C3=O)[C@@H]1O. The van der Waals surface area contributed by atoms with E-state index in [1.165, 1.54) is 18.2 Å². The summed E-state index contributed by atoms with van der Waals surface area (Å²) in [7, 11) is 0. The minimum Gasteiger partial charge on any atom is -0.506 e. The van der Waals surface area contributed by atoms with Crippen molar-refractivity contribution < 1.29 is 29.7 Å². The topological polar surface area (TPSA) is 112 Å². The van der Waals surface area contributed by atoms with E-state index in [2.05, 4.69) is 0 Å². The molecule has 132 valence electrons. The van der Waals surface area contributed by atoms with E-state index in [4.69, 9.17) is 11.6 Å². The summed E-state index contributed by atoms with van der Waals surface area (Å²) < 4.78 is 0. The Balaban J connectivity index is 2.06. The number of aliphatic hydroxyl groups is 1. The molecule has 26 heavy (non-hydrogen) atoms. The van der Waals surface area contributed by atoms with E-state index in [0.717, 1.165) is 0 Å². The first-order valence-corrected chi connectivity index (χ1v) is 8.33. The van der Waals surface area contributed by atoms with E-state index in [1.54, 1.807) is 6.92 Å². The fourth-order valence-corrected chi connectivity index (χ4v) is 3.85. The number of hydrogen-bond acceptors (Lipinski definition) is 6. The van der Waals surface area contributed by atoms with Gasteiger partial charge in [0.25, 0.3) is 0 Å². The smallest absolute Gasteiger partial charge is 0.198 e. The van der Waals surface area contributed by atoms with Crippen LogP contribution in [-0.4, -0.2) is 32.7 Å². The summed E-state index contributed by atoms with van der Waals surface area (Å²) in [5.74, 6) is -3.31. The Kier molecular flexibility index (Phi) is 3.48. The number of carbonyl (C=O) groups excluding carboxylic acids is 3. The standard InChI is InChI=1S/C19H13ClO6/c1-6-4-11(21)12-8(15(6)22)5-9-14(19(12)26)16(23)7-2-3-10(20)18(25)13(7)17(9)24/h2-3,5-6,15,22,25-26H,4H2,1H3/t6-,15-/m1/s1. The molecule has 0 spiro atoms.